The Bertz CT molecular complexity index is 941. The van der Waals surface area contributed by atoms with E-state index in [1.54, 1.807) is 38.5 Å². The fourth-order valence-corrected chi connectivity index (χ4v) is 2.83. The van der Waals surface area contributed by atoms with Crippen molar-refractivity contribution in [2.24, 2.45) is 0 Å². The number of para-hydroxylation sites is 1. The van der Waals surface area contributed by atoms with Gasteiger partial charge in [0.05, 0.1) is 14.2 Å². The van der Waals surface area contributed by atoms with Gasteiger partial charge in [-0.25, -0.2) is 0 Å². The smallest absolute Gasteiger partial charge is 0.321 e. The van der Waals surface area contributed by atoms with Crippen molar-refractivity contribution in [3.8, 4) is 28.7 Å². The summed E-state index contributed by atoms with van der Waals surface area (Å²) in [6.45, 7) is 1.88. The second-order valence-electron chi connectivity index (χ2n) is 5.47. The van der Waals surface area contributed by atoms with Gasteiger partial charge >= 0.3 is 5.97 Å². The zero-order valence-corrected chi connectivity index (χ0v) is 15.9. The molecule has 0 fully saturated rings. The number of esters is 1. The maximum absolute atomic E-state index is 12.0. The minimum atomic E-state index is -0.389. The first-order valence-electron chi connectivity index (χ1n) is 8.05. The highest BCUT2D eigenvalue weighted by Gasteiger charge is 2.14. The second-order valence-corrected chi connectivity index (χ2v) is 6.40. The topological polar surface area (TPSA) is 83.7 Å². The number of carbonyl (C=O) groups is 1. The number of aryl methyl sites for hydroxylation is 1. The molecule has 0 N–H and O–H groups in total. The van der Waals surface area contributed by atoms with Crippen LogP contribution >= 0.6 is 11.8 Å². The normalized spacial score (nSPS) is 10.5. The van der Waals surface area contributed by atoms with Crippen LogP contribution in [-0.4, -0.2) is 36.1 Å². The lowest BCUT2D eigenvalue weighted by atomic mass is 10.2. The molecule has 0 spiro atoms. The summed E-state index contributed by atoms with van der Waals surface area (Å²) < 4.78 is 21.4. The van der Waals surface area contributed by atoms with Crippen LogP contribution in [0.5, 0.6) is 17.2 Å². The summed E-state index contributed by atoms with van der Waals surface area (Å²) >= 11 is 1.12. The van der Waals surface area contributed by atoms with Gasteiger partial charge in [-0.05, 0) is 36.8 Å². The van der Waals surface area contributed by atoms with Crippen molar-refractivity contribution in [3.05, 3.63) is 48.0 Å². The van der Waals surface area contributed by atoms with Crippen molar-refractivity contribution < 1.29 is 23.4 Å². The molecule has 1 heterocycles. The van der Waals surface area contributed by atoms with Crippen LogP contribution < -0.4 is 14.2 Å². The van der Waals surface area contributed by atoms with Gasteiger partial charge in [0.1, 0.15) is 11.5 Å². The second kappa shape index (κ2) is 8.59. The quantitative estimate of drug-likeness (QED) is 0.345. The highest BCUT2D eigenvalue weighted by atomic mass is 32.2. The number of aromatic nitrogens is 2. The van der Waals surface area contributed by atoms with Gasteiger partial charge in [0.2, 0.25) is 5.89 Å². The van der Waals surface area contributed by atoms with Gasteiger partial charge in [0.15, 0.2) is 11.5 Å². The molecule has 0 amide bonds. The molecule has 0 saturated carbocycles. The predicted octanol–water partition coefficient (Wildman–Crippen LogP) is 3.76. The molecule has 3 rings (SSSR count). The molecule has 7 nitrogen and oxygen atoms in total. The van der Waals surface area contributed by atoms with Gasteiger partial charge in [-0.15, -0.1) is 10.2 Å². The van der Waals surface area contributed by atoms with E-state index in [2.05, 4.69) is 10.2 Å². The molecule has 0 aliphatic rings. The SMILES string of the molecule is COc1ccc(-c2nnc(SCC(=O)Oc3ccccc3C)o2)cc1OC. The van der Waals surface area contributed by atoms with Gasteiger partial charge < -0.3 is 18.6 Å². The zero-order chi connectivity index (χ0) is 19.2. The minimum Gasteiger partial charge on any atom is -0.493 e. The molecule has 0 aliphatic carbocycles. The van der Waals surface area contributed by atoms with Crippen LogP contribution in [0.1, 0.15) is 5.56 Å². The van der Waals surface area contributed by atoms with Gasteiger partial charge in [0.25, 0.3) is 5.22 Å². The van der Waals surface area contributed by atoms with E-state index in [0.29, 0.717) is 28.7 Å². The average Bonchev–Trinajstić information content (AvgIpc) is 3.16. The Morgan fingerprint density at radius 1 is 1.04 bits per heavy atom. The Hall–Kier alpha value is -3.00. The average molecular weight is 386 g/mol. The van der Waals surface area contributed by atoms with Crippen molar-refractivity contribution in [1.29, 1.82) is 0 Å². The van der Waals surface area contributed by atoms with Gasteiger partial charge in [-0.1, -0.05) is 30.0 Å². The molecule has 0 radical (unpaired) electrons. The Balaban J connectivity index is 1.63. The molecule has 0 atom stereocenters. The summed E-state index contributed by atoms with van der Waals surface area (Å²) in [5.74, 6) is 1.70. The number of methoxy groups -OCH3 is 2. The molecule has 0 bridgehead atoms. The summed E-state index contributed by atoms with van der Waals surface area (Å²) in [7, 11) is 3.12. The third kappa shape index (κ3) is 4.59. The molecule has 3 aromatic rings. The Kier molecular flexibility index (Phi) is 5.97. The van der Waals surface area contributed by atoms with Crippen LogP contribution in [0.4, 0.5) is 0 Å². The molecule has 2 aromatic carbocycles. The van der Waals surface area contributed by atoms with Crippen LogP contribution in [0.25, 0.3) is 11.5 Å². The first-order chi connectivity index (χ1) is 13.1. The molecular weight excluding hydrogens is 368 g/mol. The summed E-state index contributed by atoms with van der Waals surface area (Å²) in [4.78, 5) is 12.0. The third-order valence-electron chi connectivity index (χ3n) is 3.67. The molecule has 8 heteroatoms. The number of rotatable bonds is 7. The number of hydrogen-bond donors (Lipinski definition) is 0. The van der Waals surface area contributed by atoms with Crippen LogP contribution in [0.3, 0.4) is 0 Å². The van der Waals surface area contributed by atoms with Crippen molar-refractivity contribution in [3.63, 3.8) is 0 Å². The van der Waals surface area contributed by atoms with Crippen molar-refractivity contribution in [2.75, 3.05) is 20.0 Å². The van der Waals surface area contributed by atoms with Crippen LogP contribution in [0.15, 0.2) is 52.1 Å². The highest BCUT2D eigenvalue weighted by Crippen LogP contribution is 2.32. The number of ether oxygens (including phenoxy) is 3. The summed E-state index contributed by atoms with van der Waals surface area (Å²) in [5, 5.41) is 8.24. The Morgan fingerprint density at radius 3 is 2.56 bits per heavy atom. The molecule has 0 aliphatic heterocycles. The highest BCUT2D eigenvalue weighted by molar-refractivity contribution is 7.99. The maximum Gasteiger partial charge on any atom is 0.321 e. The van der Waals surface area contributed by atoms with Gasteiger partial charge in [-0.3, -0.25) is 4.79 Å². The standard InChI is InChI=1S/C19H18N2O5S/c1-12-6-4-5-7-14(12)25-17(22)11-27-19-21-20-18(26-19)13-8-9-15(23-2)16(10-13)24-3/h4-10H,11H2,1-3H3. The maximum atomic E-state index is 12.0. The fourth-order valence-electron chi connectivity index (χ4n) is 2.30. The van der Waals surface area contributed by atoms with E-state index in [0.717, 1.165) is 17.3 Å². The number of thioether (sulfide) groups is 1. The largest absolute Gasteiger partial charge is 0.493 e. The summed E-state index contributed by atoms with van der Waals surface area (Å²) in [6, 6.07) is 12.6. The van der Waals surface area contributed by atoms with Crippen LogP contribution in [0.2, 0.25) is 0 Å². The van der Waals surface area contributed by atoms with Gasteiger partial charge in [0, 0.05) is 5.56 Å². The molecule has 140 valence electrons. The number of hydrogen-bond acceptors (Lipinski definition) is 8. The van der Waals surface area contributed by atoms with E-state index in [9.17, 15) is 4.79 Å². The Morgan fingerprint density at radius 2 is 1.81 bits per heavy atom. The summed E-state index contributed by atoms with van der Waals surface area (Å²) in [6.07, 6.45) is 0. The molecule has 1 aromatic heterocycles. The van der Waals surface area contributed by atoms with E-state index in [1.807, 2.05) is 25.1 Å². The van der Waals surface area contributed by atoms with Crippen LogP contribution in [0, 0.1) is 6.92 Å². The number of carbonyl (C=O) groups excluding carboxylic acids is 1. The van der Waals surface area contributed by atoms with E-state index < -0.39 is 0 Å². The minimum absolute atomic E-state index is 0.0574. The summed E-state index contributed by atoms with van der Waals surface area (Å²) in [5.41, 5.74) is 1.58. The Labute approximate surface area is 160 Å². The van der Waals surface area contributed by atoms with E-state index >= 15 is 0 Å². The fraction of sp³-hybridized carbons (Fsp3) is 0.211. The third-order valence-corrected chi connectivity index (χ3v) is 4.46. The first-order valence-corrected chi connectivity index (χ1v) is 9.04. The lowest BCUT2D eigenvalue weighted by Gasteiger charge is -2.07. The van der Waals surface area contributed by atoms with Crippen molar-refractivity contribution in [2.45, 2.75) is 12.1 Å². The molecule has 0 saturated heterocycles. The van der Waals surface area contributed by atoms with E-state index in [-0.39, 0.29) is 16.9 Å². The molecular formula is C19H18N2O5S. The number of nitrogens with zero attached hydrogens (tertiary/aromatic N) is 2. The van der Waals surface area contributed by atoms with E-state index in [4.69, 9.17) is 18.6 Å². The van der Waals surface area contributed by atoms with Gasteiger partial charge in [-0.2, -0.15) is 0 Å². The zero-order valence-electron chi connectivity index (χ0n) is 15.1. The van der Waals surface area contributed by atoms with Crippen LogP contribution in [-0.2, 0) is 4.79 Å². The predicted molar refractivity (Wildman–Crippen MR) is 100 cm³/mol. The lowest BCUT2D eigenvalue weighted by Crippen LogP contribution is -2.11. The van der Waals surface area contributed by atoms with Crippen molar-refractivity contribution in [1.82, 2.24) is 10.2 Å². The monoisotopic (exact) mass is 386 g/mol. The lowest BCUT2D eigenvalue weighted by molar-refractivity contribution is -0.131. The first kappa shape index (κ1) is 18.8. The van der Waals surface area contributed by atoms with E-state index in [1.165, 1.54) is 0 Å². The number of benzene rings is 2. The molecule has 0 unspecified atom stereocenters. The van der Waals surface area contributed by atoms with Crippen molar-refractivity contribution >= 4 is 17.7 Å². The molecule has 27 heavy (non-hydrogen) atoms.